The standard InChI is InChI=1S/C14H23N3O2S/c1-12(14-5-7-15-8-6-14)16-10-13-4-3-9-17(11-13)20(2,18)19/h5-8,12-13,16H,3-4,9-11H2,1-2H3/t12-,13?/m1/s1. The van der Waals surface area contributed by atoms with Crippen LogP contribution in [0, 0.1) is 5.92 Å². The van der Waals surface area contributed by atoms with Gasteiger partial charge in [0.1, 0.15) is 0 Å². The summed E-state index contributed by atoms with van der Waals surface area (Å²) in [5.74, 6) is 0.391. The molecule has 0 aliphatic carbocycles. The minimum absolute atomic E-state index is 0.256. The molecule has 112 valence electrons. The SMILES string of the molecule is C[C@@H](NCC1CCCN(S(C)(=O)=O)C1)c1ccncc1. The van der Waals surface area contributed by atoms with E-state index in [4.69, 9.17) is 0 Å². The van der Waals surface area contributed by atoms with E-state index in [0.29, 0.717) is 19.0 Å². The number of nitrogens with one attached hydrogen (secondary N) is 1. The zero-order valence-electron chi connectivity index (χ0n) is 12.1. The first-order chi connectivity index (χ1) is 9.47. The van der Waals surface area contributed by atoms with Crippen molar-refractivity contribution >= 4 is 10.0 Å². The van der Waals surface area contributed by atoms with Crippen molar-refractivity contribution in [2.75, 3.05) is 25.9 Å². The Morgan fingerprint density at radius 3 is 2.80 bits per heavy atom. The number of aromatic nitrogens is 1. The molecule has 1 N–H and O–H groups in total. The minimum Gasteiger partial charge on any atom is -0.310 e. The van der Waals surface area contributed by atoms with Crippen LogP contribution in [-0.2, 0) is 10.0 Å². The number of sulfonamides is 1. The van der Waals surface area contributed by atoms with E-state index in [2.05, 4.69) is 17.2 Å². The van der Waals surface area contributed by atoms with Crippen molar-refractivity contribution < 1.29 is 8.42 Å². The van der Waals surface area contributed by atoms with Crippen LogP contribution in [0.25, 0.3) is 0 Å². The zero-order chi connectivity index (χ0) is 14.6. The summed E-state index contributed by atoms with van der Waals surface area (Å²) in [5.41, 5.74) is 1.20. The van der Waals surface area contributed by atoms with Crippen LogP contribution in [0.1, 0.15) is 31.4 Å². The van der Waals surface area contributed by atoms with E-state index in [1.807, 2.05) is 12.1 Å². The number of nitrogens with zero attached hydrogens (tertiary/aromatic N) is 2. The second-order valence-electron chi connectivity index (χ2n) is 5.54. The molecule has 1 unspecified atom stereocenters. The molecule has 2 heterocycles. The summed E-state index contributed by atoms with van der Waals surface area (Å²) in [6.45, 7) is 4.26. The van der Waals surface area contributed by atoms with E-state index >= 15 is 0 Å². The first kappa shape index (κ1) is 15.4. The fourth-order valence-electron chi connectivity index (χ4n) is 2.61. The second-order valence-corrected chi connectivity index (χ2v) is 7.52. The third-order valence-corrected chi connectivity index (χ3v) is 5.14. The summed E-state index contributed by atoms with van der Waals surface area (Å²) in [6, 6.07) is 4.26. The number of pyridine rings is 1. The maximum atomic E-state index is 11.6. The Morgan fingerprint density at radius 2 is 2.15 bits per heavy atom. The van der Waals surface area contributed by atoms with Crippen LogP contribution in [0.3, 0.4) is 0 Å². The molecule has 1 fully saturated rings. The van der Waals surface area contributed by atoms with Gasteiger partial charge in [-0.05, 0) is 49.9 Å². The monoisotopic (exact) mass is 297 g/mol. The van der Waals surface area contributed by atoms with Gasteiger partial charge in [0.05, 0.1) is 6.26 Å². The highest BCUT2D eigenvalue weighted by Gasteiger charge is 2.25. The van der Waals surface area contributed by atoms with E-state index < -0.39 is 10.0 Å². The Bertz CT molecular complexity index is 518. The Balaban J connectivity index is 1.85. The van der Waals surface area contributed by atoms with Gasteiger partial charge < -0.3 is 5.32 Å². The van der Waals surface area contributed by atoms with Crippen LogP contribution in [0.2, 0.25) is 0 Å². The summed E-state index contributed by atoms with van der Waals surface area (Å²) >= 11 is 0. The van der Waals surface area contributed by atoms with Crippen LogP contribution in [-0.4, -0.2) is 43.6 Å². The van der Waals surface area contributed by atoms with E-state index in [1.165, 1.54) is 11.8 Å². The fourth-order valence-corrected chi connectivity index (χ4v) is 3.55. The maximum Gasteiger partial charge on any atom is 0.211 e. The number of piperidine rings is 1. The molecule has 1 aromatic rings. The fraction of sp³-hybridized carbons (Fsp3) is 0.643. The molecule has 0 radical (unpaired) electrons. The first-order valence-corrected chi connectivity index (χ1v) is 8.90. The smallest absolute Gasteiger partial charge is 0.211 e. The molecule has 0 aromatic carbocycles. The van der Waals surface area contributed by atoms with Crippen molar-refractivity contribution in [2.24, 2.45) is 5.92 Å². The maximum absolute atomic E-state index is 11.6. The number of hydrogen-bond acceptors (Lipinski definition) is 4. The van der Waals surface area contributed by atoms with Gasteiger partial charge in [0, 0.05) is 31.5 Å². The van der Waals surface area contributed by atoms with Crippen molar-refractivity contribution in [3.8, 4) is 0 Å². The van der Waals surface area contributed by atoms with Crippen LogP contribution >= 0.6 is 0 Å². The highest BCUT2D eigenvalue weighted by molar-refractivity contribution is 7.88. The summed E-state index contributed by atoms with van der Waals surface area (Å²) in [4.78, 5) is 4.01. The predicted molar refractivity (Wildman–Crippen MR) is 79.8 cm³/mol. The molecule has 5 nitrogen and oxygen atoms in total. The van der Waals surface area contributed by atoms with Crippen molar-refractivity contribution in [3.63, 3.8) is 0 Å². The van der Waals surface area contributed by atoms with E-state index in [9.17, 15) is 8.42 Å². The third-order valence-electron chi connectivity index (χ3n) is 3.87. The lowest BCUT2D eigenvalue weighted by molar-refractivity contribution is 0.257. The van der Waals surface area contributed by atoms with E-state index in [-0.39, 0.29) is 6.04 Å². The molecule has 1 aliphatic rings. The summed E-state index contributed by atoms with van der Waals surface area (Å²) in [5, 5.41) is 3.49. The van der Waals surface area contributed by atoms with Gasteiger partial charge in [-0.25, -0.2) is 12.7 Å². The summed E-state index contributed by atoms with van der Waals surface area (Å²) in [6.07, 6.45) is 6.91. The summed E-state index contributed by atoms with van der Waals surface area (Å²) in [7, 11) is -3.05. The van der Waals surface area contributed by atoms with Crippen LogP contribution in [0.15, 0.2) is 24.5 Å². The lowest BCUT2D eigenvalue weighted by Crippen LogP contribution is -2.42. The van der Waals surface area contributed by atoms with Gasteiger partial charge in [0.2, 0.25) is 10.0 Å². The number of rotatable bonds is 5. The Kier molecular flexibility index (Phi) is 5.12. The molecule has 0 spiro atoms. The Morgan fingerprint density at radius 1 is 1.45 bits per heavy atom. The van der Waals surface area contributed by atoms with Gasteiger partial charge in [-0.2, -0.15) is 0 Å². The molecule has 0 saturated carbocycles. The highest BCUT2D eigenvalue weighted by Crippen LogP contribution is 2.19. The molecule has 0 amide bonds. The van der Waals surface area contributed by atoms with Gasteiger partial charge in [-0.15, -0.1) is 0 Å². The lowest BCUT2D eigenvalue weighted by atomic mass is 9.99. The van der Waals surface area contributed by atoms with Gasteiger partial charge in [-0.3, -0.25) is 4.98 Å². The molecule has 0 bridgehead atoms. The van der Waals surface area contributed by atoms with Crippen molar-refractivity contribution in [2.45, 2.75) is 25.8 Å². The molecule has 6 heteroatoms. The van der Waals surface area contributed by atoms with Crippen molar-refractivity contribution in [1.82, 2.24) is 14.6 Å². The molecule has 20 heavy (non-hydrogen) atoms. The molecule has 1 aliphatic heterocycles. The van der Waals surface area contributed by atoms with Gasteiger partial charge in [0.15, 0.2) is 0 Å². The van der Waals surface area contributed by atoms with E-state index in [1.54, 1.807) is 16.7 Å². The Labute approximate surface area is 121 Å². The van der Waals surface area contributed by atoms with Gasteiger partial charge in [-0.1, -0.05) is 0 Å². The Hall–Kier alpha value is -0.980. The average molecular weight is 297 g/mol. The molecular weight excluding hydrogens is 274 g/mol. The average Bonchev–Trinajstić information content (AvgIpc) is 2.45. The zero-order valence-corrected chi connectivity index (χ0v) is 12.9. The van der Waals surface area contributed by atoms with Crippen molar-refractivity contribution in [1.29, 1.82) is 0 Å². The lowest BCUT2D eigenvalue weighted by Gasteiger charge is -2.31. The normalized spacial score (nSPS) is 22.6. The second kappa shape index (κ2) is 6.65. The van der Waals surface area contributed by atoms with Crippen LogP contribution in [0.5, 0.6) is 0 Å². The molecular formula is C14H23N3O2S. The van der Waals surface area contributed by atoms with Gasteiger partial charge in [0.25, 0.3) is 0 Å². The molecule has 1 saturated heterocycles. The van der Waals surface area contributed by atoms with E-state index in [0.717, 1.165) is 19.4 Å². The highest BCUT2D eigenvalue weighted by atomic mass is 32.2. The first-order valence-electron chi connectivity index (χ1n) is 7.05. The van der Waals surface area contributed by atoms with Gasteiger partial charge >= 0.3 is 0 Å². The largest absolute Gasteiger partial charge is 0.310 e. The number of hydrogen-bond donors (Lipinski definition) is 1. The quantitative estimate of drug-likeness (QED) is 0.892. The minimum atomic E-state index is -3.05. The molecule has 1 aromatic heterocycles. The third kappa shape index (κ3) is 4.26. The molecule has 2 atom stereocenters. The topological polar surface area (TPSA) is 62.3 Å². The van der Waals surface area contributed by atoms with Crippen molar-refractivity contribution in [3.05, 3.63) is 30.1 Å². The van der Waals surface area contributed by atoms with Crippen LogP contribution in [0.4, 0.5) is 0 Å². The van der Waals surface area contributed by atoms with Crippen LogP contribution < -0.4 is 5.32 Å². The predicted octanol–water partition coefficient (Wildman–Crippen LogP) is 1.40. The summed E-state index contributed by atoms with van der Waals surface area (Å²) < 4.78 is 24.8. The molecule has 2 rings (SSSR count).